The van der Waals surface area contributed by atoms with Gasteiger partial charge in [-0.1, -0.05) is 0 Å². The zero-order valence-corrected chi connectivity index (χ0v) is 18.5. The van der Waals surface area contributed by atoms with Crippen LogP contribution in [0.4, 0.5) is 0 Å². The summed E-state index contributed by atoms with van der Waals surface area (Å²) >= 11 is 0. The lowest BCUT2D eigenvalue weighted by Gasteiger charge is -2.24. The van der Waals surface area contributed by atoms with Gasteiger partial charge in [0.25, 0.3) is 11.7 Å². The number of aliphatic hydroxyl groups is 1. The van der Waals surface area contributed by atoms with Gasteiger partial charge in [-0.2, -0.15) is 0 Å². The molecule has 8 heteroatoms. The smallest absolute Gasteiger partial charge is 0.295 e. The molecule has 1 atom stereocenters. The SMILES string of the molecule is COc1ccc(C(O)=C2C(=O)C(=O)N(CCCN(C)C)[C@@H]2c2ccc(C)o2)cc1OC. The Labute approximate surface area is 181 Å². The van der Waals surface area contributed by atoms with Gasteiger partial charge in [0.2, 0.25) is 0 Å². The molecule has 1 saturated heterocycles. The molecule has 0 radical (unpaired) electrons. The minimum atomic E-state index is -0.802. The number of carbonyl (C=O) groups is 2. The number of nitrogens with zero attached hydrogens (tertiary/aromatic N) is 2. The molecule has 1 aromatic heterocycles. The van der Waals surface area contributed by atoms with Crippen molar-refractivity contribution < 1.29 is 28.6 Å². The Kier molecular flexibility index (Phi) is 6.70. The summed E-state index contributed by atoms with van der Waals surface area (Å²) in [5.74, 6) is 0.298. The van der Waals surface area contributed by atoms with E-state index >= 15 is 0 Å². The molecule has 0 spiro atoms. The number of hydrogen-bond acceptors (Lipinski definition) is 7. The monoisotopic (exact) mass is 428 g/mol. The first-order valence-electron chi connectivity index (χ1n) is 10.00. The highest BCUT2D eigenvalue weighted by Gasteiger charge is 2.47. The number of amides is 1. The van der Waals surface area contributed by atoms with Crippen molar-refractivity contribution in [1.29, 1.82) is 0 Å². The van der Waals surface area contributed by atoms with Crippen molar-refractivity contribution in [2.45, 2.75) is 19.4 Å². The Balaban J connectivity index is 2.09. The van der Waals surface area contributed by atoms with Crippen LogP contribution >= 0.6 is 0 Å². The zero-order chi connectivity index (χ0) is 22.7. The number of benzene rings is 1. The fourth-order valence-corrected chi connectivity index (χ4v) is 3.70. The van der Waals surface area contributed by atoms with Gasteiger partial charge in [-0.15, -0.1) is 0 Å². The van der Waals surface area contributed by atoms with Crippen molar-refractivity contribution in [1.82, 2.24) is 9.80 Å². The Morgan fingerprint density at radius 1 is 1.13 bits per heavy atom. The highest BCUT2D eigenvalue weighted by atomic mass is 16.5. The number of rotatable bonds is 8. The fraction of sp³-hybridized carbons (Fsp3) is 0.391. The number of ether oxygens (including phenoxy) is 2. The third kappa shape index (κ3) is 4.44. The van der Waals surface area contributed by atoms with Crippen LogP contribution in [0.3, 0.4) is 0 Å². The van der Waals surface area contributed by atoms with E-state index in [4.69, 9.17) is 13.9 Å². The largest absolute Gasteiger partial charge is 0.507 e. The second-order valence-corrected chi connectivity index (χ2v) is 7.67. The second kappa shape index (κ2) is 9.26. The molecule has 0 unspecified atom stereocenters. The van der Waals surface area contributed by atoms with Crippen molar-refractivity contribution in [3.05, 3.63) is 53.0 Å². The second-order valence-electron chi connectivity index (χ2n) is 7.67. The Bertz CT molecular complexity index is 1010. The van der Waals surface area contributed by atoms with Crippen LogP contribution in [0.2, 0.25) is 0 Å². The van der Waals surface area contributed by atoms with E-state index in [2.05, 4.69) is 0 Å². The lowest BCUT2D eigenvalue weighted by atomic mass is 9.99. The van der Waals surface area contributed by atoms with Crippen molar-refractivity contribution in [3.8, 4) is 11.5 Å². The third-order valence-electron chi connectivity index (χ3n) is 5.23. The van der Waals surface area contributed by atoms with Crippen molar-refractivity contribution >= 4 is 17.4 Å². The Morgan fingerprint density at radius 2 is 1.84 bits per heavy atom. The molecule has 0 bridgehead atoms. The molecule has 31 heavy (non-hydrogen) atoms. The van der Waals surface area contributed by atoms with E-state index in [1.807, 2.05) is 19.0 Å². The van der Waals surface area contributed by atoms with E-state index < -0.39 is 17.7 Å². The van der Waals surface area contributed by atoms with Crippen LogP contribution < -0.4 is 9.47 Å². The van der Waals surface area contributed by atoms with Gasteiger partial charge >= 0.3 is 0 Å². The molecule has 1 aliphatic rings. The Hall–Kier alpha value is -3.26. The van der Waals surface area contributed by atoms with E-state index in [9.17, 15) is 14.7 Å². The molecule has 3 rings (SSSR count). The molecule has 2 aromatic rings. The van der Waals surface area contributed by atoms with Gasteiger partial charge < -0.3 is 28.8 Å². The number of hydrogen-bond donors (Lipinski definition) is 1. The van der Waals surface area contributed by atoms with Crippen molar-refractivity contribution in [3.63, 3.8) is 0 Å². The van der Waals surface area contributed by atoms with Crippen molar-refractivity contribution in [2.75, 3.05) is 41.4 Å². The molecule has 0 saturated carbocycles. The van der Waals surface area contributed by atoms with Crippen molar-refractivity contribution in [2.24, 2.45) is 0 Å². The van der Waals surface area contributed by atoms with E-state index in [0.29, 0.717) is 41.5 Å². The minimum Gasteiger partial charge on any atom is -0.507 e. The summed E-state index contributed by atoms with van der Waals surface area (Å²) in [7, 11) is 6.88. The van der Waals surface area contributed by atoms with E-state index in [1.54, 1.807) is 37.3 Å². The molecule has 1 amide bonds. The van der Waals surface area contributed by atoms with Crippen LogP contribution in [0.5, 0.6) is 11.5 Å². The minimum absolute atomic E-state index is 0.00331. The topological polar surface area (TPSA) is 92.5 Å². The summed E-state index contributed by atoms with van der Waals surface area (Å²) in [6, 6.07) is 7.51. The first-order chi connectivity index (χ1) is 14.8. The summed E-state index contributed by atoms with van der Waals surface area (Å²) in [4.78, 5) is 29.3. The molecule has 8 nitrogen and oxygen atoms in total. The quantitative estimate of drug-likeness (QED) is 0.393. The number of Topliss-reactive ketones (excluding diaryl/α,β-unsaturated/α-hetero) is 1. The lowest BCUT2D eigenvalue weighted by molar-refractivity contribution is -0.140. The van der Waals surface area contributed by atoms with Gasteiger partial charge in [-0.25, -0.2) is 0 Å². The third-order valence-corrected chi connectivity index (χ3v) is 5.23. The molecule has 1 aromatic carbocycles. The maximum Gasteiger partial charge on any atom is 0.295 e. The highest BCUT2D eigenvalue weighted by molar-refractivity contribution is 6.46. The van der Waals surface area contributed by atoms with E-state index in [0.717, 1.165) is 6.54 Å². The Morgan fingerprint density at radius 3 is 2.42 bits per heavy atom. The summed E-state index contributed by atoms with van der Waals surface area (Å²) in [5, 5.41) is 11.1. The van der Waals surface area contributed by atoms with Crippen LogP contribution in [-0.4, -0.2) is 68.0 Å². The average molecular weight is 428 g/mol. The zero-order valence-electron chi connectivity index (χ0n) is 18.5. The van der Waals surface area contributed by atoms with E-state index in [1.165, 1.54) is 19.1 Å². The number of carbonyl (C=O) groups excluding carboxylic acids is 2. The number of methoxy groups -OCH3 is 2. The predicted molar refractivity (Wildman–Crippen MR) is 115 cm³/mol. The normalized spacial score (nSPS) is 18.1. The van der Waals surface area contributed by atoms with Crippen LogP contribution in [0.15, 0.2) is 40.3 Å². The molecular formula is C23H28N2O6. The maximum atomic E-state index is 13.0. The molecule has 0 aliphatic carbocycles. The van der Waals surface area contributed by atoms with Crippen LogP contribution in [0.25, 0.3) is 5.76 Å². The predicted octanol–water partition coefficient (Wildman–Crippen LogP) is 2.98. The number of aryl methyl sites for hydroxylation is 1. The number of furan rings is 1. The maximum absolute atomic E-state index is 13.0. The van der Waals surface area contributed by atoms with Gasteiger partial charge in [-0.05, 0) is 64.3 Å². The lowest BCUT2D eigenvalue weighted by Crippen LogP contribution is -2.32. The highest BCUT2D eigenvalue weighted by Crippen LogP contribution is 2.41. The van der Waals surface area contributed by atoms with Gasteiger partial charge in [0.05, 0.1) is 19.8 Å². The summed E-state index contributed by atoms with van der Waals surface area (Å²) < 4.78 is 16.3. The first-order valence-corrected chi connectivity index (χ1v) is 10.00. The number of aliphatic hydroxyl groups excluding tert-OH is 1. The van der Waals surface area contributed by atoms with Gasteiger partial charge in [-0.3, -0.25) is 9.59 Å². The standard InChI is InChI=1S/C23H28N2O6/c1-14-7-9-17(31-14)20-19(22(27)23(28)25(20)12-6-11-24(2)3)21(26)15-8-10-16(29-4)18(13-15)30-5/h7-10,13,20,26H,6,11-12H2,1-5H3/t20-/m1/s1. The summed E-state index contributed by atoms with van der Waals surface area (Å²) in [5.41, 5.74) is 0.341. The van der Waals surface area contributed by atoms with Crippen LogP contribution in [0.1, 0.15) is 29.5 Å². The summed E-state index contributed by atoms with van der Waals surface area (Å²) in [6.45, 7) is 2.90. The van der Waals surface area contributed by atoms with Crippen LogP contribution in [0, 0.1) is 6.92 Å². The summed E-state index contributed by atoms with van der Waals surface area (Å²) in [6.07, 6.45) is 0.673. The molecule has 1 aliphatic heterocycles. The van der Waals surface area contributed by atoms with Crippen LogP contribution in [-0.2, 0) is 9.59 Å². The first kappa shape index (κ1) is 22.4. The molecule has 1 N–H and O–H groups in total. The fourth-order valence-electron chi connectivity index (χ4n) is 3.70. The van der Waals surface area contributed by atoms with E-state index in [-0.39, 0.29) is 11.3 Å². The molecular weight excluding hydrogens is 400 g/mol. The van der Waals surface area contributed by atoms with Gasteiger partial charge in [0, 0.05) is 12.1 Å². The number of likely N-dealkylation sites (tertiary alicyclic amines) is 1. The molecule has 166 valence electrons. The number of ketones is 1. The van der Waals surface area contributed by atoms with Gasteiger partial charge in [0.1, 0.15) is 23.3 Å². The average Bonchev–Trinajstić information content (AvgIpc) is 3.28. The molecule has 2 heterocycles. The van der Waals surface area contributed by atoms with Gasteiger partial charge in [0.15, 0.2) is 11.5 Å². The molecule has 1 fully saturated rings.